The smallest absolute Gasteiger partial charge is 0.0630 e. The first-order valence-electron chi connectivity index (χ1n) is 7.21. The van der Waals surface area contributed by atoms with Crippen LogP contribution in [0.2, 0.25) is 0 Å². The third-order valence-electron chi connectivity index (χ3n) is 3.73. The van der Waals surface area contributed by atoms with Gasteiger partial charge in [-0.25, -0.2) is 0 Å². The van der Waals surface area contributed by atoms with E-state index in [1.807, 2.05) is 7.11 Å². The Hall–Kier alpha value is -0.120. The molecular formula is C14H30N2O. The van der Waals surface area contributed by atoms with Gasteiger partial charge >= 0.3 is 0 Å². The summed E-state index contributed by atoms with van der Waals surface area (Å²) in [5, 5.41) is 3.53. The SMILES string of the molecule is CCCNCC(COC)N1CCCC(C)CC1. The third-order valence-corrected chi connectivity index (χ3v) is 3.73. The van der Waals surface area contributed by atoms with Crippen molar-refractivity contribution in [2.75, 3.05) is 39.9 Å². The van der Waals surface area contributed by atoms with Crippen LogP contribution in [0.1, 0.15) is 39.5 Å². The highest BCUT2D eigenvalue weighted by Crippen LogP contribution is 2.18. The fourth-order valence-electron chi connectivity index (χ4n) is 2.58. The van der Waals surface area contributed by atoms with Gasteiger partial charge < -0.3 is 10.1 Å². The second-order valence-electron chi connectivity index (χ2n) is 5.39. The van der Waals surface area contributed by atoms with Crippen molar-refractivity contribution in [3.8, 4) is 0 Å². The Morgan fingerprint density at radius 3 is 2.88 bits per heavy atom. The molecule has 1 heterocycles. The molecule has 1 fully saturated rings. The molecule has 17 heavy (non-hydrogen) atoms. The number of nitrogens with one attached hydrogen (secondary N) is 1. The van der Waals surface area contributed by atoms with Crippen molar-refractivity contribution in [2.45, 2.75) is 45.6 Å². The summed E-state index contributed by atoms with van der Waals surface area (Å²) in [7, 11) is 1.81. The van der Waals surface area contributed by atoms with Crippen LogP contribution in [0.15, 0.2) is 0 Å². The number of ether oxygens (including phenoxy) is 1. The molecule has 1 rings (SSSR count). The number of nitrogens with zero attached hydrogens (tertiary/aromatic N) is 1. The van der Waals surface area contributed by atoms with E-state index in [2.05, 4.69) is 24.1 Å². The van der Waals surface area contributed by atoms with E-state index in [1.54, 1.807) is 0 Å². The molecule has 0 aromatic carbocycles. The molecule has 0 aromatic heterocycles. The topological polar surface area (TPSA) is 24.5 Å². The number of likely N-dealkylation sites (tertiary alicyclic amines) is 1. The minimum Gasteiger partial charge on any atom is -0.383 e. The summed E-state index contributed by atoms with van der Waals surface area (Å²) in [4.78, 5) is 2.62. The number of hydrogen-bond acceptors (Lipinski definition) is 3. The summed E-state index contributed by atoms with van der Waals surface area (Å²) >= 11 is 0. The highest BCUT2D eigenvalue weighted by molar-refractivity contribution is 4.77. The highest BCUT2D eigenvalue weighted by atomic mass is 16.5. The number of hydrogen-bond donors (Lipinski definition) is 1. The molecule has 0 spiro atoms. The summed E-state index contributed by atoms with van der Waals surface area (Å²) in [6.07, 6.45) is 5.28. The molecule has 2 unspecified atom stereocenters. The second kappa shape index (κ2) is 8.90. The maximum atomic E-state index is 5.37. The van der Waals surface area contributed by atoms with Crippen LogP contribution < -0.4 is 5.32 Å². The minimum atomic E-state index is 0.553. The lowest BCUT2D eigenvalue weighted by atomic mass is 10.0. The molecule has 3 heteroatoms. The average Bonchev–Trinajstić information content (AvgIpc) is 2.53. The van der Waals surface area contributed by atoms with Gasteiger partial charge in [0, 0.05) is 19.7 Å². The summed E-state index contributed by atoms with van der Waals surface area (Å²) in [6, 6.07) is 0.553. The zero-order valence-corrected chi connectivity index (χ0v) is 11.9. The van der Waals surface area contributed by atoms with Crippen molar-refractivity contribution in [3.63, 3.8) is 0 Å². The fraction of sp³-hybridized carbons (Fsp3) is 1.00. The molecule has 102 valence electrons. The Morgan fingerprint density at radius 2 is 2.18 bits per heavy atom. The van der Waals surface area contributed by atoms with Crippen LogP contribution in [0.3, 0.4) is 0 Å². The van der Waals surface area contributed by atoms with Crippen LogP contribution in [-0.2, 0) is 4.74 Å². The lowest BCUT2D eigenvalue weighted by Crippen LogP contribution is -2.45. The minimum absolute atomic E-state index is 0.553. The number of rotatable bonds is 7. The molecule has 3 nitrogen and oxygen atoms in total. The van der Waals surface area contributed by atoms with Gasteiger partial charge in [-0.1, -0.05) is 13.8 Å². The van der Waals surface area contributed by atoms with Crippen LogP contribution in [0, 0.1) is 5.92 Å². The third kappa shape index (κ3) is 5.84. The number of methoxy groups -OCH3 is 1. The van der Waals surface area contributed by atoms with Crippen molar-refractivity contribution >= 4 is 0 Å². The van der Waals surface area contributed by atoms with Gasteiger partial charge in [-0.3, -0.25) is 4.90 Å². The molecule has 2 atom stereocenters. The van der Waals surface area contributed by atoms with Crippen LogP contribution in [0.25, 0.3) is 0 Å². The van der Waals surface area contributed by atoms with E-state index in [4.69, 9.17) is 4.74 Å². The lowest BCUT2D eigenvalue weighted by Gasteiger charge is -2.30. The van der Waals surface area contributed by atoms with Gasteiger partial charge in [-0.05, 0) is 51.2 Å². The van der Waals surface area contributed by atoms with Crippen molar-refractivity contribution in [1.29, 1.82) is 0 Å². The first kappa shape index (κ1) is 14.9. The largest absolute Gasteiger partial charge is 0.383 e. The molecule has 0 bridgehead atoms. The van der Waals surface area contributed by atoms with Crippen molar-refractivity contribution in [3.05, 3.63) is 0 Å². The monoisotopic (exact) mass is 242 g/mol. The maximum Gasteiger partial charge on any atom is 0.0630 e. The maximum absolute atomic E-state index is 5.37. The van der Waals surface area contributed by atoms with E-state index >= 15 is 0 Å². The Bertz CT molecular complexity index is 187. The summed E-state index contributed by atoms with van der Waals surface area (Å²) in [6.45, 7) is 10.1. The van der Waals surface area contributed by atoms with Crippen molar-refractivity contribution in [2.24, 2.45) is 5.92 Å². The van der Waals surface area contributed by atoms with Gasteiger partial charge in [0.1, 0.15) is 0 Å². The molecule has 0 radical (unpaired) electrons. The van der Waals surface area contributed by atoms with E-state index in [0.29, 0.717) is 6.04 Å². The van der Waals surface area contributed by atoms with Crippen LogP contribution in [0.5, 0.6) is 0 Å². The zero-order valence-electron chi connectivity index (χ0n) is 11.9. The molecule has 1 aliphatic heterocycles. The Balaban J connectivity index is 2.38. The second-order valence-corrected chi connectivity index (χ2v) is 5.39. The molecule has 1 aliphatic rings. The molecule has 0 aromatic rings. The zero-order chi connectivity index (χ0) is 12.5. The van der Waals surface area contributed by atoms with E-state index in [1.165, 1.54) is 38.8 Å². The standard InChI is InChI=1S/C14H30N2O/c1-4-8-15-11-14(12-17-3)16-9-5-6-13(2)7-10-16/h13-15H,4-12H2,1-3H3. The molecular weight excluding hydrogens is 212 g/mol. The van der Waals surface area contributed by atoms with Gasteiger partial charge in [0.2, 0.25) is 0 Å². The van der Waals surface area contributed by atoms with E-state index in [0.717, 1.165) is 25.6 Å². The van der Waals surface area contributed by atoms with Gasteiger partial charge in [0.05, 0.1) is 6.61 Å². The van der Waals surface area contributed by atoms with Gasteiger partial charge in [-0.2, -0.15) is 0 Å². The molecule has 0 saturated carbocycles. The summed E-state index contributed by atoms with van der Waals surface area (Å²) in [5.41, 5.74) is 0. The van der Waals surface area contributed by atoms with E-state index < -0.39 is 0 Å². The normalized spacial score (nSPS) is 24.5. The van der Waals surface area contributed by atoms with E-state index in [-0.39, 0.29) is 0 Å². The lowest BCUT2D eigenvalue weighted by molar-refractivity contribution is 0.0907. The highest BCUT2D eigenvalue weighted by Gasteiger charge is 2.21. The Morgan fingerprint density at radius 1 is 1.35 bits per heavy atom. The fourth-order valence-corrected chi connectivity index (χ4v) is 2.58. The predicted octanol–water partition coefficient (Wildman–Crippen LogP) is 2.12. The Kier molecular flexibility index (Phi) is 7.82. The van der Waals surface area contributed by atoms with Gasteiger partial charge in [0.25, 0.3) is 0 Å². The van der Waals surface area contributed by atoms with Crippen LogP contribution in [-0.4, -0.2) is 50.8 Å². The van der Waals surface area contributed by atoms with E-state index in [9.17, 15) is 0 Å². The first-order valence-corrected chi connectivity index (χ1v) is 7.21. The molecule has 1 N–H and O–H groups in total. The van der Waals surface area contributed by atoms with Crippen molar-refractivity contribution in [1.82, 2.24) is 10.2 Å². The van der Waals surface area contributed by atoms with Gasteiger partial charge in [-0.15, -0.1) is 0 Å². The van der Waals surface area contributed by atoms with Crippen LogP contribution >= 0.6 is 0 Å². The van der Waals surface area contributed by atoms with Gasteiger partial charge in [0.15, 0.2) is 0 Å². The Labute approximate surface area is 107 Å². The van der Waals surface area contributed by atoms with Crippen molar-refractivity contribution < 1.29 is 4.74 Å². The first-order chi connectivity index (χ1) is 8.27. The quantitative estimate of drug-likeness (QED) is 0.692. The molecule has 0 amide bonds. The summed E-state index contributed by atoms with van der Waals surface area (Å²) < 4.78 is 5.37. The summed E-state index contributed by atoms with van der Waals surface area (Å²) in [5.74, 6) is 0.895. The average molecular weight is 242 g/mol. The molecule has 0 aliphatic carbocycles. The molecule has 1 saturated heterocycles. The predicted molar refractivity (Wildman–Crippen MR) is 73.4 cm³/mol. The van der Waals surface area contributed by atoms with Crippen LogP contribution in [0.4, 0.5) is 0 Å².